The predicted molar refractivity (Wildman–Crippen MR) is 139 cm³/mol. The number of benzene rings is 3. The molecule has 1 amide bonds. The third-order valence-corrected chi connectivity index (χ3v) is 5.38. The topological polar surface area (TPSA) is 68.2 Å². The summed E-state index contributed by atoms with van der Waals surface area (Å²) in [4.78, 5) is 17.1. The Morgan fingerprint density at radius 2 is 1.74 bits per heavy atom. The Bertz CT molecular complexity index is 1230. The van der Waals surface area contributed by atoms with Crippen molar-refractivity contribution in [3.8, 4) is 11.5 Å². The molecule has 6 nitrogen and oxygen atoms in total. The van der Waals surface area contributed by atoms with Crippen LogP contribution in [0.4, 0.5) is 5.69 Å². The highest BCUT2D eigenvalue weighted by Gasteiger charge is 2.15. The summed E-state index contributed by atoms with van der Waals surface area (Å²) in [6.07, 6.45) is 3.63. The summed E-state index contributed by atoms with van der Waals surface area (Å²) in [5.74, 6) is 1.41. The largest absolute Gasteiger partial charge is 0.457 e. The standard InChI is InChI=1S/C24H22N4O2.2C2H6/c1-16-24(29)27-23-7-3-5-18-8-9-21(11-22(18)23)30-20-6-2-4-17(10-20)14-28-15-25-12-19(28)13-26-16;2*1-2/h2-12,15-16,26H,13-14H2,1H3,(H,27,29);2*1-2H3. The van der Waals surface area contributed by atoms with Gasteiger partial charge in [0.05, 0.1) is 18.1 Å². The Balaban J connectivity index is 0.000000771. The molecule has 1 aromatic heterocycles. The van der Waals surface area contributed by atoms with E-state index in [0.717, 1.165) is 39.2 Å². The number of carbonyl (C=O) groups is 1. The van der Waals surface area contributed by atoms with Gasteiger partial charge in [0.2, 0.25) is 5.91 Å². The van der Waals surface area contributed by atoms with Gasteiger partial charge in [0, 0.05) is 30.4 Å². The molecule has 0 aliphatic carbocycles. The van der Waals surface area contributed by atoms with Crippen LogP contribution in [0.15, 0.2) is 73.2 Å². The Morgan fingerprint density at radius 3 is 2.56 bits per heavy atom. The van der Waals surface area contributed by atoms with Gasteiger partial charge in [-0.25, -0.2) is 4.98 Å². The molecule has 2 heterocycles. The van der Waals surface area contributed by atoms with E-state index >= 15 is 0 Å². The lowest BCUT2D eigenvalue weighted by Gasteiger charge is -2.17. The molecule has 178 valence electrons. The maximum atomic E-state index is 12.8. The van der Waals surface area contributed by atoms with Crippen molar-refractivity contribution in [3.63, 3.8) is 0 Å². The third-order valence-electron chi connectivity index (χ3n) is 5.38. The number of hydrogen-bond donors (Lipinski definition) is 2. The molecule has 0 radical (unpaired) electrons. The maximum Gasteiger partial charge on any atom is 0.241 e. The van der Waals surface area contributed by atoms with Crippen LogP contribution in [0.2, 0.25) is 0 Å². The monoisotopic (exact) mass is 458 g/mol. The number of imidazole rings is 1. The van der Waals surface area contributed by atoms with E-state index in [1.165, 1.54) is 0 Å². The van der Waals surface area contributed by atoms with Crippen molar-refractivity contribution in [2.75, 3.05) is 5.32 Å². The molecule has 34 heavy (non-hydrogen) atoms. The van der Waals surface area contributed by atoms with E-state index in [1.807, 2.05) is 102 Å². The van der Waals surface area contributed by atoms with Gasteiger partial charge in [-0.2, -0.15) is 0 Å². The number of nitrogens with zero attached hydrogens (tertiary/aromatic N) is 2. The molecule has 1 unspecified atom stereocenters. The number of carbonyl (C=O) groups excluding carboxylic acids is 1. The number of hydrogen-bond acceptors (Lipinski definition) is 4. The van der Waals surface area contributed by atoms with Crippen molar-refractivity contribution < 1.29 is 9.53 Å². The van der Waals surface area contributed by atoms with Crippen molar-refractivity contribution in [3.05, 3.63) is 84.4 Å². The molecule has 0 saturated carbocycles. The Hall–Kier alpha value is -3.64. The van der Waals surface area contributed by atoms with Crippen LogP contribution in [0.3, 0.4) is 0 Å². The third kappa shape index (κ3) is 5.83. The lowest BCUT2D eigenvalue weighted by Crippen LogP contribution is -2.38. The van der Waals surface area contributed by atoms with E-state index in [9.17, 15) is 4.79 Å². The fourth-order valence-electron chi connectivity index (χ4n) is 3.69. The normalized spacial score (nSPS) is 15.1. The smallest absolute Gasteiger partial charge is 0.241 e. The van der Waals surface area contributed by atoms with Crippen LogP contribution < -0.4 is 15.4 Å². The number of anilines is 1. The average molecular weight is 459 g/mol. The van der Waals surface area contributed by atoms with Crippen LogP contribution in [0.5, 0.6) is 11.5 Å². The zero-order chi connectivity index (χ0) is 24.5. The zero-order valence-corrected chi connectivity index (χ0v) is 20.6. The molecule has 4 bridgehead atoms. The molecular formula is C28H34N4O2. The molecular weight excluding hydrogens is 424 g/mol. The highest BCUT2D eigenvalue weighted by molar-refractivity contribution is 6.04. The second-order valence-corrected chi connectivity index (χ2v) is 7.54. The molecule has 3 aromatic carbocycles. The zero-order valence-electron chi connectivity index (χ0n) is 20.6. The van der Waals surface area contributed by atoms with Gasteiger partial charge < -0.3 is 19.9 Å². The van der Waals surface area contributed by atoms with Crippen molar-refractivity contribution >= 4 is 22.4 Å². The SMILES string of the molecule is CC.CC.CC1NCc2cncn2Cc2cccc(c2)Oc2ccc3cccc(c3c2)NC1=O. The summed E-state index contributed by atoms with van der Waals surface area (Å²) >= 11 is 0. The van der Waals surface area contributed by atoms with Crippen LogP contribution in [0.1, 0.15) is 45.9 Å². The summed E-state index contributed by atoms with van der Waals surface area (Å²) in [6.45, 7) is 11.1. The van der Waals surface area contributed by atoms with Crippen molar-refractivity contribution in [1.29, 1.82) is 0 Å². The Kier molecular flexibility index (Phi) is 8.82. The van der Waals surface area contributed by atoms with Gasteiger partial charge >= 0.3 is 0 Å². The molecule has 1 atom stereocenters. The first kappa shape index (κ1) is 25.0. The van der Waals surface area contributed by atoms with Crippen LogP contribution in [0.25, 0.3) is 10.8 Å². The van der Waals surface area contributed by atoms with Gasteiger partial charge in [-0.05, 0) is 48.2 Å². The lowest BCUT2D eigenvalue weighted by atomic mass is 10.1. The number of ether oxygens (including phenoxy) is 1. The van der Waals surface area contributed by atoms with Gasteiger partial charge in [-0.1, -0.05) is 58.0 Å². The van der Waals surface area contributed by atoms with E-state index in [2.05, 4.69) is 26.3 Å². The van der Waals surface area contributed by atoms with E-state index < -0.39 is 0 Å². The number of rotatable bonds is 0. The van der Waals surface area contributed by atoms with E-state index in [1.54, 1.807) is 0 Å². The summed E-state index contributed by atoms with van der Waals surface area (Å²) in [5, 5.41) is 8.34. The Labute approximate surface area is 202 Å². The van der Waals surface area contributed by atoms with Crippen LogP contribution in [0, 0.1) is 0 Å². The number of nitrogens with one attached hydrogen (secondary N) is 2. The van der Waals surface area contributed by atoms with Gasteiger partial charge in [0.15, 0.2) is 0 Å². The molecule has 0 fully saturated rings. The van der Waals surface area contributed by atoms with Gasteiger partial charge in [-0.3, -0.25) is 4.79 Å². The second-order valence-electron chi connectivity index (χ2n) is 7.54. The fourth-order valence-corrected chi connectivity index (χ4v) is 3.69. The quantitative estimate of drug-likeness (QED) is 0.322. The van der Waals surface area contributed by atoms with Crippen molar-refractivity contribution in [1.82, 2.24) is 14.9 Å². The number of amides is 1. The van der Waals surface area contributed by atoms with Crippen LogP contribution in [-0.4, -0.2) is 21.5 Å². The minimum Gasteiger partial charge on any atom is -0.457 e. The van der Waals surface area contributed by atoms with Gasteiger partial charge in [0.25, 0.3) is 0 Å². The molecule has 5 rings (SSSR count). The van der Waals surface area contributed by atoms with Gasteiger partial charge in [0.1, 0.15) is 11.5 Å². The minimum absolute atomic E-state index is 0.0859. The van der Waals surface area contributed by atoms with E-state index in [-0.39, 0.29) is 11.9 Å². The summed E-state index contributed by atoms with van der Waals surface area (Å²) in [5.41, 5.74) is 2.90. The van der Waals surface area contributed by atoms with Gasteiger partial charge in [-0.15, -0.1) is 0 Å². The summed E-state index contributed by atoms with van der Waals surface area (Å²) < 4.78 is 8.22. The van der Waals surface area contributed by atoms with Crippen LogP contribution >= 0.6 is 0 Å². The van der Waals surface area contributed by atoms with Crippen molar-refractivity contribution in [2.24, 2.45) is 0 Å². The highest BCUT2D eigenvalue weighted by Crippen LogP contribution is 2.30. The molecule has 0 saturated heterocycles. The average Bonchev–Trinajstić information content (AvgIpc) is 3.31. The first-order valence-corrected chi connectivity index (χ1v) is 12.0. The lowest BCUT2D eigenvalue weighted by molar-refractivity contribution is -0.117. The summed E-state index contributed by atoms with van der Waals surface area (Å²) in [6, 6.07) is 19.5. The van der Waals surface area contributed by atoms with Crippen LogP contribution in [-0.2, 0) is 17.9 Å². The fraction of sp³-hybridized carbons (Fsp3) is 0.286. The minimum atomic E-state index is -0.362. The predicted octanol–water partition coefficient (Wildman–Crippen LogP) is 6.36. The van der Waals surface area contributed by atoms with E-state index in [4.69, 9.17) is 4.74 Å². The highest BCUT2D eigenvalue weighted by atomic mass is 16.5. The molecule has 2 N–H and O–H groups in total. The maximum absolute atomic E-state index is 12.8. The second kappa shape index (κ2) is 12.0. The van der Waals surface area contributed by atoms with Crippen molar-refractivity contribution in [2.45, 2.75) is 53.8 Å². The molecule has 1 aliphatic rings. The first-order chi connectivity index (χ1) is 16.7. The number of aromatic nitrogens is 2. The molecule has 4 aromatic rings. The first-order valence-electron chi connectivity index (χ1n) is 12.0. The Morgan fingerprint density at radius 1 is 0.971 bits per heavy atom. The van der Waals surface area contributed by atoms with E-state index in [0.29, 0.717) is 13.1 Å². The molecule has 0 spiro atoms. The molecule has 6 heteroatoms. The molecule has 1 aliphatic heterocycles. The summed E-state index contributed by atoms with van der Waals surface area (Å²) in [7, 11) is 0. The number of fused-ring (bicyclic) bond motifs is 4.